The summed E-state index contributed by atoms with van der Waals surface area (Å²) in [5.74, 6) is -0.683. The molecule has 7 heteroatoms. The second kappa shape index (κ2) is 6.28. The van der Waals surface area contributed by atoms with Crippen molar-refractivity contribution in [1.82, 2.24) is 0 Å². The SMILES string of the molecule is CCOc1cc(C=O)cc2c1OC(C)(C)C(=O)N2CCC(=O)O. The van der Waals surface area contributed by atoms with Gasteiger partial charge in [0.05, 0.1) is 18.7 Å². The summed E-state index contributed by atoms with van der Waals surface area (Å²) in [5, 5.41) is 8.90. The molecule has 0 aliphatic carbocycles. The number of carboxylic acids is 1. The summed E-state index contributed by atoms with van der Waals surface area (Å²) in [6, 6.07) is 3.04. The predicted octanol–water partition coefficient (Wildman–Crippen LogP) is 1.88. The first-order valence-electron chi connectivity index (χ1n) is 7.29. The van der Waals surface area contributed by atoms with Gasteiger partial charge in [-0.1, -0.05) is 0 Å². The number of aliphatic carboxylic acids is 1. The van der Waals surface area contributed by atoms with E-state index in [2.05, 4.69) is 0 Å². The first-order chi connectivity index (χ1) is 10.8. The van der Waals surface area contributed by atoms with Gasteiger partial charge in [0.1, 0.15) is 6.29 Å². The van der Waals surface area contributed by atoms with E-state index in [1.165, 1.54) is 17.0 Å². The molecule has 0 unspecified atom stereocenters. The van der Waals surface area contributed by atoms with Gasteiger partial charge in [-0.2, -0.15) is 0 Å². The second-order valence-electron chi connectivity index (χ2n) is 5.63. The lowest BCUT2D eigenvalue weighted by atomic mass is 10.0. The molecule has 1 aliphatic rings. The molecule has 1 aromatic carbocycles. The maximum Gasteiger partial charge on any atom is 0.305 e. The highest BCUT2D eigenvalue weighted by molar-refractivity contribution is 6.04. The Morgan fingerprint density at radius 3 is 2.70 bits per heavy atom. The van der Waals surface area contributed by atoms with Crippen LogP contribution in [0.5, 0.6) is 11.5 Å². The van der Waals surface area contributed by atoms with E-state index < -0.39 is 11.6 Å². The van der Waals surface area contributed by atoms with Gasteiger partial charge in [0.2, 0.25) is 0 Å². The summed E-state index contributed by atoms with van der Waals surface area (Å²) in [6.07, 6.45) is 0.430. The van der Waals surface area contributed by atoms with Crippen molar-refractivity contribution in [3.63, 3.8) is 0 Å². The predicted molar refractivity (Wildman–Crippen MR) is 82.3 cm³/mol. The summed E-state index contributed by atoms with van der Waals surface area (Å²) >= 11 is 0. The topological polar surface area (TPSA) is 93.1 Å². The van der Waals surface area contributed by atoms with Crippen LogP contribution in [0.15, 0.2) is 12.1 Å². The third-order valence-corrected chi connectivity index (χ3v) is 3.45. The highest BCUT2D eigenvalue weighted by Crippen LogP contribution is 2.45. The van der Waals surface area contributed by atoms with Gasteiger partial charge in [0.15, 0.2) is 17.1 Å². The fourth-order valence-electron chi connectivity index (χ4n) is 2.40. The van der Waals surface area contributed by atoms with Crippen LogP contribution in [0.4, 0.5) is 5.69 Å². The molecule has 124 valence electrons. The largest absolute Gasteiger partial charge is 0.490 e. The number of nitrogens with zero attached hydrogens (tertiary/aromatic N) is 1. The van der Waals surface area contributed by atoms with Crippen LogP contribution in [-0.4, -0.2) is 42.0 Å². The Hall–Kier alpha value is -2.57. The van der Waals surface area contributed by atoms with Gasteiger partial charge in [0.25, 0.3) is 5.91 Å². The molecule has 7 nitrogen and oxygen atoms in total. The Morgan fingerprint density at radius 1 is 1.43 bits per heavy atom. The number of amides is 1. The molecule has 0 radical (unpaired) electrons. The summed E-state index contributed by atoms with van der Waals surface area (Å²) in [7, 11) is 0. The van der Waals surface area contributed by atoms with E-state index in [1.54, 1.807) is 20.8 Å². The number of ether oxygens (including phenoxy) is 2. The molecule has 1 heterocycles. The van der Waals surface area contributed by atoms with Gasteiger partial charge in [-0.25, -0.2) is 0 Å². The Labute approximate surface area is 133 Å². The van der Waals surface area contributed by atoms with Crippen LogP contribution < -0.4 is 14.4 Å². The van der Waals surface area contributed by atoms with Crippen LogP contribution in [0, 0.1) is 0 Å². The van der Waals surface area contributed by atoms with Gasteiger partial charge < -0.3 is 19.5 Å². The molecule has 23 heavy (non-hydrogen) atoms. The number of carbonyl (C=O) groups excluding carboxylic acids is 2. The van der Waals surface area contributed by atoms with Gasteiger partial charge in [-0.15, -0.1) is 0 Å². The molecular weight excluding hydrogens is 302 g/mol. The van der Waals surface area contributed by atoms with E-state index in [0.717, 1.165) is 0 Å². The van der Waals surface area contributed by atoms with E-state index in [9.17, 15) is 14.4 Å². The van der Waals surface area contributed by atoms with Crippen molar-refractivity contribution in [2.45, 2.75) is 32.8 Å². The van der Waals surface area contributed by atoms with Crippen LogP contribution >= 0.6 is 0 Å². The van der Waals surface area contributed by atoms with Crippen LogP contribution in [0.1, 0.15) is 37.6 Å². The summed E-state index contributed by atoms with van der Waals surface area (Å²) < 4.78 is 11.3. The Balaban J connectivity index is 2.57. The molecular formula is C16H19NO6. The molecule has 1 aliphatic heterocycles. The molecule has 0 atom stereocenters. The molecule has 1 aromatic rings. The number of rotatable bonds is 6. The van der Waals surface area contributed by atoms with Crippen molar-refractivity contribution >= 4 is 23.9 Å². The molecule has 2 rings (SSSR count). The quantitative estimate of drug-likeness (QED) is 0.804. The van der Waals surface area contributed by atoms with E-state index in [-0.39, 0.29) is 18.9 Å². The maximum atomic E-state index is 12.6. The first-order valence-corrected chi connectivity index (χ1v) is 7.29. The smallest absolute Gasteiger partial charge is 0.305 e. The van der Waals surface area contributed by atoms with Gasteiger partial charge >= 0.3 is 5.97 Å². The lowest BCUT2D eigenvalue weighted by Gasteiger charge is -2.39. The minimum atomic E-state index is -1.15. The van der Waals surface area contributed by atoms with Crippen molar-refractivity contribution in [3.8, 4) is 11.5 Å². The van der Waals surface area contributed by atoms with E-state index in [0.29, 0.717) is 35.6 Å². The van der Waals surface area contributed by atoms with Crippen molar-refractivity contribution in [2.75, 3.05) is 18.1 Å². The van der Waals surface area contributed by atoms with Crippen LogP contribution in [0.25, 0.3) is 0 Å². The molecule has 0 saturated carbocycles. The molecule has 0 fully saturated rings. The Kier molecular flexibility index (Phi) is 4.58. The number of aldehydes is 1. The summed E-state index contributed by atoms with van der Waals surface area (Å²) in [5.41, 5.74) is -0.479. The number of hydrogen-bond acceptors (Lipinski definition) is 5. The lowest BCUT2D eigenvalue weighted by Crippen LogP contribution is -2.53. The highest BCUT2D eigenvalue weighted by Gasteiger charge is 2.42. The number of carbonyl (C=O) groups is 3. The number of fused-ring (bicyclic) bond motifs is 1. The zero-order chi connectivity index (χ0) is 17.2. The minimum Gasteiger partial charge on any atom is -0.490 e. The average Bonchev–Trinajstić information content (AvgIpc) is 2.48. The summed E-state index contributed by atoms with van der Waals surface area (Å²) in [6.45, 7) is 5.36. The fraction of sp³-hybridized carbons (Fsp3) is 0.438. The Morgan fingerprint density at radius 2 is 2.13 bits per heavy atom. The normalized spacial score (nSPS) is 15.6. The zero-order valence-electron chi connectivity index (χ0n) is 13.3. The van der Waals surface area contributed by atoms with Crippen molar-refractivity contribution in [1.29, 1.82) is 0 Å². The molecule has 0 bridgehead atoms. The highest BCUT2D eigenvalue weighted by atomic mass is 16.5. The number of benzene rings is 1. The monoisotopic (exact) mass is 321 g/mol. The summed E-state index contributed by atoms with van der Waals surface area (Å²) in [4.78, 5) is 35.9. The van der Waals surface area contributed by atoms with Gasteiger partial charge in [-0.3, -0.25) is 14.4 Å². The van der Waals surface area contributed by atoms with E-state index in [1.807, 2.05) is 0 Å². The van der Waals surface area contributed by atoms with Crippen LogP contribution in [-0.2, 0) is 9.59 Å². The molecule has 1 amide bonds. The van der Waals surface area contributed by atoms with Crippen molar-refractivity contribution in [3.05, 3.63) is 17.7 Å². The fourth-order valence-corrected chi connectivity index (χ4v) is 2.40. The molecule has 0 spiro atoms. The van der Waals surface area contributed by atoms with E-state index >= 15 is 0 Å². The molecule has 0 saturated heterocycles. The molecule has 0 aromatic heterocycles. The van der Waals surface area contributed by atoms with Crippen LogP contribution in [0.3, 0.4) is 0 Å². The van der Waals surface area contributed by atoms with E-state index in [4.69, 9.17) is 14.6 Å². The van der Waals surface area contributed by atoms with Crippen LogP contribution in [0.2, 0.25) is 0 Å². The number of anilines is 1. The van der Waals surface area contributed by atoms with Gasteiger partial charge in [-0.05, 0) is 32.9 Å². The van der Waals surface area contributed by atoms with Crippen molar-refractivity contribution in [2.24, 2.45) is 0 Å². The number of hydrogen-bond donors (Lipinski definition) is 1. The Bertz CT molecular complexity index is 652. The zero-order valence-corrected chi connectivity index (χ0v) is 13.3. The van der Waals surface area contributed by atoms with Crippen molar-refractivity contribution < 1.29 is 29.0 Å². The lowest BCUT2D eigenvalue weighted by molar-refractivity contribution is -0.137. The molecule has 1 N–H and O–H groups in total. The third-order valence-electron chi connectivity index (χ3n) is 3.45. The third kappa shape index (κ3) is 3.28. The minimum absolute atomic E-state index is 0.0121. The standard InChI is InChI=1S/C16H19NO6/c1-4-22-12-8-10(9-18)7-11-14(12)23-16(2,3)15(21)17(11)6-5-13(19)20/h7-9H,4-6H2,1-3H3,(H,19,20). The first kappa shape index (κ1) is 16.8. The maximum absolute atomic E-state index is 12.6. The average molecular weight is 321 g/mol. The second-order valence-corrected chi connectivity index (χ2v) is 5.63. The van der Waals surface area contributed by atoms with Gasteiger partial charge in [0, 0.05) is 12.1 Å². The number of carboxylic acid groups (broad SMARTS) is 1.